The molecule has 1 atom stereocenters. The molecule has 0 bridgehead atoms. The van der Waals surface area contributed by atoms with E-state index in [2.05, 4.69) is 6.92 Å². The number of hydrogen-bond donors (Lipinski definition) is 1. The van der Waals surface area contributed by atoms with Crippen molar-refractivity contribution in [3.05, 3.63) is 11.6 Å². The minimum atomic E-state index is -0.802. The van der Waals surface area contributed by atoms with E-state index in [0.717, 1.165) is 24.8 Å². The summed E-state index contributed by atoms with van der Waals surface area (Å²) in [7, 11) is 0. The number of carbonyl (C=O) groups is 1. The second kappa shape index (κ2) is 2.86. The largest absolute Gasteiger partial charge is 0.478 e. The zero-order valence-corrected chi connectivity index (χ0v) is 6.13. The van der Waals surface area contributed by atoms with Crippen molar-refractivity contribution in [3.8, 4) is 0 Å². The zero-order valence-electron chi connectivity index (χ0n) is 6.13. The maximum absolute atomic E-state index is 10.2. The van der Waals surface area contributed by atoms with Crippen molar-refractivity contribution in [3.63, 3.8) is 0 Å². The first-order valence-corrected chi connectivity index (χ1v) is 3.63. The van der Waals surface area contributed by atoms with E-state index in [4.69, 9.17) is 5.11 Å². The van der Waals surface area contributed by atoms with Gasteiger partial charge in [-0.25, -0.2) is 4.79 Å². The predicted octanol–water partition coefficient (Wildman–Crippen LogP) is 1.82. The third kappa shape index (κ3) is 1.59. The Morgan fingerprint density at radius 3 is 2.90 bits per heavy atom. The molecule has 56 valence electrons. The highest BCUT2D eigenvalue weighted by Crippen LogP contribution is 2.29. The SMILES string of the molecule is C[C@@H]1CCC/C1=C\C(=O)O. The van der Waals surface area contributed by atoms with Crippen LogP contribution in [0, 0.1) is 5.92 Å². The number of rotatable bonds is 1. The maximum Gasteiger partial charge on any atom is 0.328 e. The molecule has 2 nitrogen and oxygen atoms in total. The van der Waals surface area contributed by atoms with E-state index in [1.54, 1.807) is 0 Å². The summed E-state index contributed by atoms with van der Waals surface area (Å²) in [5.41, 5.74) is 1.10. The second-order valence-corrected chi connectivity index (χ2v) is 2.85. The molecule has 0 aromatic rings. The van der Waals surface area contributed by atoms with E-state index in [-0.39, 0.29) is 0 Å². The molecule has 0 aliphatic heterocycles. The molecule has 1 aliphatic rings. The third-order valence-electron chi connectivity index (χ3n) is 2.04. The predicted molar refractivity (Wildman–Crippen MR) is 38.7 cm³/mol. The van der Waals surface area contributed by atoms with Gasteiger partial charge in [0.05, 0.1) is 0 Å². The molecular formula is C8H12O2. The van der Waals surface area contributed by atoms with E-state index >= 15 is 0 Å². The van der Waals surface area contributed by atoms with Gasteiger partial charge in [-0.05, 0) is 25.2 Å². The summed E-state index contributed by atoms with van der Waals surface area (Å²) in [6.07, 6.45) is 4.64. The van der Waals surface area contributed by atoms with Gasteiger partial charge in [0.25, 0.3) is 0 Å². The quantitative estimate of drug-likeness (QED) is 0.564. The van der Waals surface area contributed by atoms with Crippen LogP contribution in [-0.4, -0.2) is 11.1 Å². The van der Waals surface area contributed by atoms with Crippen LogP contribution < -0.4 is 0 Å². The molecule has 2 heteroatoms. The van der Waals surface area contributed by atoms with Crippen molar-refractivity contribution in [1.29, 1.82) is 0 Å². The first-order chi connectivity index (χ1) is 4.70. The molecule has 1 fully saturated rings. The van der Waals surface area contributed by atoms with Crippen molar-refractivity contribution in [2.75, 3.05) is 0 Å². The smallest absolute Gasteiger partial charge is 0.328 e. The van der Waals surface area contributed by atoms with Crippen molar-refractivity contribution in [2.45, 2.75) is 26.2 Å². The molecule has 0 saturated heterocycles. The highest BCUT2D eigenvalue weighted by molar-refractivity contribution is 5.80. The lowest BCUT2D eigenvalue weighted by atomic mass is 10.1. The highest BCUT2D eigenvalue weighted by atomic mass is 16.4. The lowest BCUT2D eigenvalue weighted by Gasteiger charge is -2.00. The van der Waals surface area contributed by atoms with Crippen LogP contribution >= 0.6 is 0 Å². The first kappa shape index (κ1) is 7.32. The van der Waals surface area contributed by atoms with Gasteiger partial charge >= 0.3 is 5.97 Å². The fraction of sp³-hybridized carbons (Fsp3) is 0.625. The fourth-order valence-corrected chi connectivity index (χ4v) is 1.42. The van der Waals surface area contributed by atoms with Crippen molar-refractivity contribution in [1.82, 2.24) is 0 Å². The molecule has 1 N–H and O–H groups in total. The second-order valence-electron chi connectivity index (χ2n) is 2.85. The van der Waals surface area contributed by atoms with E-state index in [1.165, 1.54) is 6.08 Å². The normalized spacial score (nSPS) is 29.3. The van der Waals surface area contributed by atoms with Crippen molar-refractivity contribution in [2.24, 2.45) is 5.92 Å². The number of aliphatic carboxylic acids is 1. The summed E-state index contributed by atoms with van der Waals surface area (Å²) in [6.45, 7) is 2.09. The van der Waals surface area contributed by atoms with Gasteiger partial charge in [-0.2, -0.15) is 0 Å². The Balaban J connectivity index is 2.62. The van der Waals surface area contributed by atoms with Crippen molar-refractivity contribution < 1.29 is 9.90 Å². The minimum Gasteiger partial charge on any atom is -0.478 e. The number of hydrogen-bond acceptors (Lipinski definition) is 1. The number of carboxylic acids is 1. The van der Waals surface area contributed by atoms with Crippen LogP contribution in [-0.2, 0) is 4.79 Å². The van der Waals surface area contributed by atoms with Gasteiger partial charge in [-0.3, -0.25) is 0 Å². The molecule has 0 unspecified atom stereocenters. The molecule has 1 saturated carbocycles. The summed E-state index contributed by atoms with van der Waals surface area (Å²) in [5, 5.41) is 8.42. The van der Waals surface area contributed by atoms with E-state index in [0.29, 0.717) is 5.92 Å². The van der Waals surface area contributed by atoms with Gasteiger partial charge in [-0.15, -0.1) is 0 Å². The fourth-order valence-electron chi connectivity index (χ4n) is 1.42. The molecule has 0 heterocycles. The van der Waals surface area contributed by atoms with Crippen LogP contribution in [0.25, 0.3) is 0 Å². The maximum atomic E-state index is 10.2. The monoisotopic (exact) mass is 140 g/mol. The lowest BCUT2D eigenvalue weighted by Crippen LogP contribution is -1.94. The molecule has 0 aromatic heterocycles. The lowest BCUT2D eigenvalue weighted by molar-refractivity contribution is -0.131. The first-order valence-electron chi connectivity index (χ1n) is 3.63. The summed E-state index contributed by atoms with van der Waals surface area (Å²) in [4.78, 5) is 10.2. The summed E-state index contributed by atoms with van der Waals surface area (Å²) < 4.78 is 0. The Kier molecular flexibility index (Phi) is 2.10. The van der Waals surface area contributed by atoms with Crippen LogP contribution in [0.1, 0.15) is 26.2 Å². The van der Waals surface area contributed by atoms with Gasteiger partial charge in [0, 0.05) is 6.08 Å². The molecule has 0 aromatic carbocycles. The standard InChI is InChI=1S/C8H12O2/c1-6-3-2-4-7(6)5-8(9)10/h5-6H,2-4H2,1H3,(H,9,10)/b7-5+/t6-/m1/s1. The average Bonchev–Trinajstić information content (AvgIpc) is 2.15. The average molecular weight is 140 g/mol. The highest BCUT2D eigenvalue weighted by Gasteiger charge is 2.16. The van der Waals surface area contributed by atoms with E-state index in [1.807, 2.05) is 0 Å². The Morgan fingerprint density at radius 2 is 2.50 bits per heavy atom. The van der Waals surface area contributed by atoms with E-state index < -0.39 is 5.97 Å². The van der Waals surface area contributed by atoms with Crippen LogP contribution in [0.3, 0.4) is 0 Å². The van der Waals surface area contributed by atoms with Gasteiger partial charge < -0.3 is 5.11 Å². The Hall–Kier alpha value is -0.790. The van der Waals surface area contributed by atoms with Crippen LogP contribution in [0.5, 0.6) is 0 Å². The van der Waals surface area contributed by atoms with Crippen LogP contribution in [0.4, 0.5) is 0 Å². The third-order valence-corrected chi connectivity index (χ3v) is 2.04. The van der Waals surface area contributed by atoms with Gasteiger partial charge in [0.15, 0.2) is 0 Å². The number of carboxylic acid groups (broad SMARTS) is 1. The van der Waals surface area contributed by atoms with Gasteiger partial charge in [0.2, 0.25) is 0 Å². The molecular weight excluding hydrogens is 128 g/mol. The molecule has 0 radical (unpaired) electrons. The number of allylic oxidation sites excluding steroid dienone is 1. The van der Waals surface area contributed by atoms with Gasteiger partial charge in [0.1, 0.15) is 0 Å². The van der Waals surface area contributed by atoms with Crippen molar-refractivity contribution >= 4 is 5.97 Å². The molecule has 1 aliphatic carbocycles. The van der Waals surface area contributed by atoms with E-state index in [9.17, 15) is 4.79 Å². The summed E-state index contributed by atoms with van der Waals surface area (Å²) in [6, 6.07) is 0. The van der Waals surface area contributed by atoms with Crippen LogP contribution in [0.2, 0.25) is 0 Å². The Labute approximate surface area is 60.6 Å². The summed E-state index contributed by atoms with van der Waals surface area (Å²) in [5.74, 6) is -0.306. The summed E-state index contributed by atoms with van der Waals surface area (Å²) >= 11 is 0. The molecule has 1 rings (SSSR count). The zero-order chi connectivity index (χ0) is 7.56. The topological polar surface area (TPSA) is 37.3 Å². The van der Waals surface area contributed by atoms with Crippen LogP contribution in [0.15, 0.2) is 11.6 Å². The molecule has 0 spiro atoms. The molecule has 10 heavy (non-hydrogen) atoms. The Morgan fingerprint density at radius 1 is 1.80 bits per heavy atom. The molecule has 0 amide bonds. The minimum absolute atomic E-state index is 0.496. The Bertz CT molecular complexity index is 170. The van der Waals surface area contributed by atoms with Gasteiger partial charge in [-0.1, -0.05) is 12.5 Å².